The van der Waals surface area contributed by atoms with Crippen LogP contribution in [0.25, 0.3) is 0 Å². The molecule has 4 heteroatoms. The summed E-state index contributed by atoms with van der Waals surface area (Å²) in [5.74, 6) is 0. The first-order valence-electron chi connectivity index (χ1n) is 6.35. The van der Waals surface area contributed by atoms with Crippen LogP contribution in [0.3, 0.4) is 0 Å². The maximum atomic E-state index is 9.92. The van der Waals surface area contributed by atoms with Crippen molar-refractivity contribution >= 4 is 11.6 Å². The number of ether oxygens (including phenoxy) is 1. The van der Waals surface area contributed by atoms with E-state index in [1.54, 1.807) is 12.1 Å². The summed E-state index contributed by atoms with van der Waals surface area (Å²) in [5.41, 5.74) is 0.880. The van der Waals surface area contributed by atoms with E-state index in [4.69, 9.17) is 16.3 Å². The highest BCUT2D eigenvalue weighted by Crippen LogP contribution is 2.15. The van der Waals surface area contributed by atoms with E-state index in [1.807, 2.05) is 26.0 Å². The van der Waals surface area contributed by atoms with Crippen LogP contribution in [-0.2, 0) is 4.74 Å². The molecular formula is C14H22ClNO2. The van der Waals surface area contributed by atoms with Gasteiger partial charge in [0.05, 0.1) is 12.2 Å². The normalized spacial score (nSPS) is 12.9. The van der Waals surface area contributed by atoms with Gasteiger partial charge in [-0.25, -0.2) is 0 Å². The maximum Gasteiger partial charge on any atom is 0.0914 e. The summed E-state index contributed by atoms with van der Waals surface area (Å²) in [6.45, 7) is 6.19. The maximum absolute atomic E-state index is 9.92. The molecule has 1 aromatic rings. The zero-order chi connectivity index (χ0) is 13.4. The van der Waals surface area contributed by atoms with Crippen molar-refractivity contribution in [2.75, 3.05) is 19.7 Å². The molecule has 102 valence electrons. The second-order valence-corrected chi connectivity index (χ2v) is 4.98. The minimum atomic E-state index is -0.492. The molecule has 1 atom stereocenters. The van der Waals surface area contributed by atoms with Gasteiger partial charge < -0.3 is 15.2 Å². The van der Waals surface area contributed by atoms with E-state index >= 15 is 0 Å². The van der Waals surface area contributed by atoms with Crippen molar-refractivity contribution in [3.63, 3.8) is 0 Å². The molecule has 2 N–H and O–H groups in total. The zero-order valence-electron chi connectivity index (χ0n) is 11.0. The Morgan fingerprint density at radius 1 is 1.28 bits per heavy atom. The summed E-state index contributed by atoms with van der Waals surface area (Å²) in [5, 5.41) is 13.8. The van der Waals surface area contributed by atoms with Gasteiger partial charge in [0.2, 0.25) is 0 Å². The van der Waals surface area contributed by atoms with Crippen molar-refractivity contribution in [1.29, 1.82) is 0 Å². The van der Waals surface area contributed by atoms with Gasteiger partial charge in [-0.05, 0) is 44.5 Å². The number of aliphatic hydroxyl groups is 1. The molecule has 0 aromatic heterocycles. The van der Waals surface area contributed by atoms with Gasteiger partial charge >= 0.3 is 0 Å². The Hall–Kier alpha value is -0.610. The highest BCUT2D eigenvalue weighted by molar-refractivity contribution is 6.30. The van der Waals surface area contributed by atoms with E-state index in [0.717, 1.165) is 25.1 Å². The Labute approximate surface area is 114 Å². The minimum absolute atomic E-state index is 0.282. The minimum Gasteiger partial charge on any atom is -0.387 e. The molecule has 0 aliphatic rings. The van der Waals surface area contributed by atoms with Gasteiger partial charge in [-0.2, -0.15) is 0 Å². The first-order valence-corrected chi connectivity index (χ1v) is 6.73. The van der Waals surface area contributed by atoms with Crippen LogP contribution in [0.1, 0.15) is 31.9 Å². The van der Waals surface area contributed by atoms with Gasteiger partial charge in [-0.15, -0.1) is 0 Å². The van der Waals surface area contributed by atoms with Crippen LogP contribution in [0.15, 0.2) is 24.3 Å². The molecule has 1 unspecified atom stereocenters. The number of hydrogen-bond acceptors (Lipinski definition) is 3. The summed E-state index contributed by atoms with van der Waals surface area (Å²) in [7, 11) is 0. The molecule has 18 heavy (non-hydrogen) atoms. The second kappa shape index (κ2) is 8.48. The first kappa shape index (κ1) is 15.4. The molecule has 0 saturated carbocycles. The lowest BCUT2D eigenvalue weighted by molar-refractivity contribution is 0.0763. The zero-order valence-corrected chi connectivity index (χ0v) is 11.8. The van der Waals surface area contributed by atoms with Crippen molar-refractivity contribution in [2.24, 2.45) is 0 Å². The van der Waals surface area contributed by atoms with Crippen LogP contribution in [-0.4, -0.2) is 30.9 Å². The lowest BCUT2D eigenvalue weighted by Crippen LogP contribution is -2.23. The first-order chi connectivity index (χ1) is 8.59. The molecule has 0 aliphatic carbocycles. The van der Waals surface area contributed by atoms with E-state index in [2.05, 4.69) is 5.32 Å². The van der Waals surface area contributed by atoms with Crippen molar-refractivity contribution in [1.82, 2.24) is 5.32 Å². The Bertz CT molecular complexity index is 327. The topological polar surface area (TPSA) is 41.5 Å². The fraction of sp³-hybridized carbons (Fsp3) is 0.571. The van der Waals surface area contributed by atoms with E-state index in [9.17, 15) is 5.11 Å². The lowest BCUT2D eigenvalue weighted by Gasteiger charge is -2.13. The predicted molar refractivity (Wildman–Crippen MR) is 75.0 cm³/mol. The van der Waals surface area contributed by atoms with Crippen LogP contribution in [0.2, 0.25) is 5.02 Å². The van der Waals surface area contributed by atoms with Crippen LogP contribution in [0.5, 0.6) is 0 Å². The molecule has 0 amide bonds. The largest absolute Gasteiger partial charge is 0.387 e. The third kappa shape index (κ3) is 6.36. The molecule has 0 bridgehead atoms. The number of aliphatic hydroxyl groups excluding tert-OH is 1. The molecule has 0 spiro atoms. The third-order valence-electron chi connectivity index (χ3n) is 2.54. The van der Waals surface area contributed by atoms with Gasteiger partial charge in [-0.3, -0.25) is 0 Å². The average molecular weight is 272 g/mol. The molecule has 3 nitrogen and oxygen atoms in total. The predicted octanol–water partition coefficient (Wildman–Crippen LogP) is 2.78. The fourth-order valence-electron chi connectivity index (χ4n) is 1.56. The summed E-state index contributed by atoms with van der Waals surface area (Å²) < 4.78 is 5.43. The molecule has 0 aliphatic heterocycles. The summed E-state index contributed by atoms with van der Waals surface area (Å²) in [4.78, 5) is 0. The molecule has 0 fully saturated rings. The monoisotopic (exact) mass is 271 g/mol. The van der Waals surface area contributed by atoms with E-state index < -0.39 is 6.10 Å². The van der Waals surface area contributed by atoms with Gasteiger partial charge in [0.1, 0.15) is 0 Å². The quantitative estimate of drug-likeness (QED) is 0.715. The van der Waals surface area contributed by atoms with Gasteiger partial charge in [0, 0.05) is 18.2 Å². The Morgan fingerprint density at radius 2 is 1.94 bits per heavy atom. The molecular weight excluding hydrogens is 250 g/mol. The summed E-state index contributed by atoms with van der Waals surface area (Å²) in [6.07, 6.45) is 0.740. The lowest BCUT2D eigenvalue weighted by atomic mass is 10.1. The summed E-state index contributed by atoms with van der Waals surface area (Å²) in [6, 6.07) is 7.26. The van der Waals surface area contributed by atoms with Gasteiger partial charge in [0.25, 0.3) is 0 Å². The SMILES string of the molecule is CC(C)OCCCNCC(O)c1ccc(Cl)cc1. The molecule has 0 heterocycles. The van der Waals surface area contributed by atoms with Crippen LogP contribution in [0.4, 0.5) is 0 Å². The Morgan fingerprint density at radius 3 is 2.56 bits per heavy atom. The van der Waals surface area contributed by atoms with Crippen LogP contribution < -0.4 is 5.32 Å². The molecule has 1 aromatic carbocycles. The molecule has 0 saturated heterocycles. The van der Waals surface area contributed by atoms with Gasteiger partial charge in [-0.1, -0.05) is 23.7 Å². The van der Waals surface area contributed by atoms with Crippen LogP contribution >= 0.6 is 11.6 Å². The molecule has 1 rings (SSSR count). The second-order valence-electron chi connectivity index (χ2n) is 4.54. The Balaban J connectivity index is 2.13. The van der Waals surface area contributed by atoms with E-state index in [-0.39, 0.29) is 6.10 Å². The van der Waals surface area contributed by atoms with Crippen molar-refractivity contribution in [2.45, 2.75) is 32.5 Å². The fourth-order valence-corrected chi connectivity index (χ4v) is 1.68. The summed E-state index contributed by atoms with van der Waals surface area (Å²) >= 11 is 5.79. The molecule has 0 radical (unpaired) electrons. The standard InChI is InChI=1S/C14H22ClNO2/c1-11(2)18-9-3-8-16-10-14(17)12-4-6-13(15)7-5-12/h4-7,11,14,16-17H,3,8-10H2,1-2H3. The van der Waals surface area contributed by atoms with Crippen molar-refractivity contribution < 1.29 is 9.84 Å². The number of rotatable bonds is 8. The Kier molecular flexibility index (Phi) is 7.28. The number of hydrogen-bond donors (Lipinski definition) is 2. The number of nitrogens with one attached hydrogen (secondary N) is 1. The highest BCUT2D eigenvalue weighted by atomic mass is 35.5. The highest BCUT2D eigenvalue weighted by Gasteiger charge is 2.06. The average Bonchev–Trinajstić information content (AvgIpc) is 2.34. The number of benzene rings is 1. The van der Waals surface area contributed by atoms with E-state index in [1.165, 1.54) is 0 Å². The number of halogens is 1. The van der Waals surface area contributed by atoms with Crippen molar-refractivity contribution in [3.05, 3.63) is 34.9 Å². The van der Waals surface area contributed by atoms with E-state index in [0.29, 0.717) is 11.6 Å². The van der Waals surface area contributed by atoms with Crippen molar-refractivity contribution in [3.8, 4) is 0 Å². The van der Waals surface area contributed by atoms with Gasteiger partial charge in [0.15, 0.2) is 0 Å². The third-order valence-corrected chi connectivity index (χ3v) is 2.79. The smallest absolute Gasteiger partial charge is 0.0914 e. The van der Waals surface area contributed by atoms with Crippen LogP contribution in [0, 0.1) is 0 Å².